The molecule has 27 heavy (non-hydrogen) atoms. The number of halogens is 4. The molecule has 1 heterocycles. The van der Waals surface area contributed by atoms with Gasteiger partial charge in [0.25, 0.3) is 0 Å². The zero-order valence-corrected chi connectivity index (χ0v) is 15.8. The number of alkyl halides is 2. The smallest absolute Gasteiger partial charge is 0.321 e. The van der Waals surface area contributed by atoms with Crippen LogP contribution in [0.4, 0.5) is 13.2 Å². The Morgan fingerprint density at radius 3 is 2.70 bits per heavy atom. The number of hydrogen-bond donors (Lipinski definition) is 0. The molecular formula is C18H15ClF3N3OS. The van der Waals surface area contributed by atoms with Gasteiger partial charge in [0, 0.05) is 24.2 Å². The molecule has 0 atom stereocenters. The van der Waals surface area contributed by atoms with Crippen LogP contribution in [0.5, 0.6) is 0 Å². The van der Waals surface area contributed by atoms with Crippen molar-refractivity contribution in [2.45, 2.75) is 18.3 Å². The SMILES string of the molecule is CN(Cc1c(F)cccc1Cl)C(=O)CSc1nc2ccccc2n1C(F)F. The Morgan fingerprint density at radius 2 is 2.00 bits per heavy atom. The number of fused-ring (bicyclic) bond motifs is 1. The second-order valence-corrected chi connectivity index (χ2v) is 7.12. The Hall–Kier alpha value is -2.19. The summed E-state index contributed by atoms with van der Waals surface area (Å²) in [5.41, 5.74) is 0.938. The first-order valence-electron chi connectivity index (χ1n) is 7.93. The molecule has 3 rings (SSSR count). The first-order valence-corrected chi connectivity index (χ1v) is 9.29. The molecule has 0 fully saturated rings. The number of thioether (sulfide) groups is 1. The third-order valence-electron chi connectivity index (χ3n) is 3.97. The molecule has 0 unspecified atom stereocenters. The molecule has 0 saturated heterocycles. The van der Waals surface area contributed by atoms with Crippen molar-refractivity contribution in [2.24, 2.45) is 0 Å². The van der Waals surface area contributed by atoms with Crippen molar-refractivity contribution in [3.05, 3.63) is 58.9 Å². The number of carbonyl (C=O) groups excluding carboxylic acids is 1. The van der Waals surface area contributed by atoms with Crippen molar-refractivity contribution in [1.82, 2.24) is 14.5 Å². The summed E-state index contributed by atoms with van der Waals surface area (Å²) in [5.74, 6) is -0.972. The quantitative estimate of drug-likeness (QED) is 0.535. The Bertz CT molecular complexity index is 959. The van der Waals surface area contributed by atoms with Gasteiger partial charge in [-0.25, -0.2) is 9.37 Å². The standard InChI is InChI=1S/C18H15ClF3N3OS/c1-24(9-11-12(19)5-4-6-13(11)20)16(26)10-27-18-23-14-7-2-3-8-15(14)25(18)17(21)22/h2-8,17H,9-10H2,1H3. The second kappa shape index (κ2) is 8.22. The topological polar surface area (TPSA) is 38.1 Å². The fraction of sp³-hybridized carbons (Fsp3) is 0.222. The lowest BCUT2D eigenvalue weighted by Gasteiger charge is -2.18. The molecule has 0 aliphatic heterocycles. The van der Waals surface area contributed by atoms with E-state index in [0.29, 0.717) is 11.0 Å². The average molecular weight is 414 g/mol. The maximum atomic E-state index is 13.9. The zero-order chi connectivity index (χ0) is 19.6. The molecule has 1 aromatic heterocycles. The van der Waals surface area contributed by atoms with E-state index in [0.717, 1.165) is 16.3 Å². The normalized spacial score (nSPS) is 11.3. The molecular weight excluding hydrogens is 399 g/mol. The highest BCUT2D eigenvalue weighted by atomic mass is 35.5. The highest BCUT2D eigenvalue weighted by Gasteiger charge is 2.20. The van der Waals surface area contributed by atoms with E-state index in [1.165, 1.54) is 30.1 Å². The monoisotopic (exact) mass is 413 g/mol. The van der Waals surface area contributed by atoms with Crippen LogP contribution in [-0.4, -0.2) is 33.2 Å². The number of rotatable bonds is 6. The van der Waals surface area contributed by atoms with Gasteiger partial charge >= 0.3 is 6.55 Å². The molecule has 142 valence electrons. The Balaban J connectivity index is 1.72. The molecule has 0 bridgehead atoms. The summed E-state index contributed by atoms with van der Waals surface area (Å²) >= 11 is 6.88. The van der Waals surface area contributed by atoms with Crippen molar-refractivity contribution < 1.29 is 18.0 Å². The van der Waals surface area contributed by atoms with E-state index in [1.54, 1.807) is 24.3 Å². The molecule has 0 saturated carbocycles. The van der Waals surface area contributed by atoms with Gasteiger partial charge in [0.15, 0.2) is 5.16 Å². The molecule has 0 radical (unpaired) electrons. The zero-order valence-electron chi connectivity index (χ0n) is 14.2. The molecule has 0 N–H and O–H groups in total. The largest absolute Gasteiger partial charge is 0.341 e. The van der Waals surface area contributed by atoms with Crippen LogP contribution in [0, 0.1) is 5.82 Å². The van der Waals surface area contributed by atoms with Crippen molar-refractivity contribution in [1.29, 1.82) is 0 Å². The minimum absolute atomic E-state index is 0.0177. The Morgan fingerprint density at radius 1 is 1.26 bits per heavy atom. The Kier molecular flexibility index (Phi) is 5.96. The summed E-state index contributed by atoms with van der Waals surface area (Å²) in [7, 11) is 1.50. The number of hydrogen-bond acceptors (Lipinski definition) is 3. The summed E-state index contributed by atoms with van der Waals surface area (Å²) < 4.78 is 41.5. The number of carbonyl (C=O) groups is 1. The van der Waals surface area contributed by atoms with Crippen molar-refractivity contribution in [3.63, 3.8) is 0 Å². The lowest BCUT2D eigenvalue weighted by molar-refractivity contribution is -0.127. The van der Waals surface area contributed by atoms with E-state index in [-0.39, 0.29) is 33.9 Å². The maximum Gasteiger partial charge on any atom is 0.321 e. The van der Waals surface area contributed by atoms with Crippen LogP contribution in [0.3, 0.4) is 0 Å². The first kappa shape index (κ1) is 19.6. The Labute approximate surface area is 162 Å². The number of benzene rings is 2. The van der Waals surface area contributed by atoms with Crippen LogP contribution < -0.4 is 0 Å². The fourth-order valence-electron chi connectivity index (χ4n) is 2.56. The molecule has 0 aliphatic rings. The number of imidazole rings is 1. The minimum atomic E-state index is -2.77. The summed E-state index contributed by atoms with van der Waals surface area (Å²) in [5, 5.41) is 0.277. The van der Waals surface area contributed by atoms with E-state index in [1.807, 2.05) is 0 Å². The molecule has 4 nitrogen and oxygen atoms in total. The van der Waals surface area contributed by atoms with Gasteiger partial charge in [-0.05, 0) is 24.3 Å². The van der Waals surface area contributed by atoms with Crippen LogP contribution in [-0.2, 0) is 11.3 Å². The van der Waals surface area contributed by atoms with Gasteiger partial charge in [-0.15, -0.1) is 0 Å². The molecule has 3 aromatic rings. The second-order valence-electron chi connectivity index (χ2n) is 5.77. The average Bonchev–Trinajstić information content (AvgIpc) is 3.01. The van der Waals surface area contributed by atoms with E-state index in [4.69, 9.17) is 11.6 Å². The van der Waals surface area contributed by atoms with Gasteiger partial charge in [-0.3, -0.25) is 9.36 Å². The molecule has 0 aliphatic carbocycles. The summed E-state index contributed by atoms with van der Waals surface area (Å²) in [6.07, 6.45) is 0. The lowest BCUT2D eigenvalue weighted by atomic mass is 10.2. The van der Waals surface area contributed by atoms with Crippen molar-refractivity contribution >= 4 is 40.3 Å². The van der Waals surface area contributed by atoms with Crippen molar-refractivity contribution in [2.75, 3.05) is 12.8 Å². The van der Waals surface area contributed by atoms with Gasteiger partial charge in [0.1, 0.15) is 5.82 Å². The summed E-state index contributed by atoms with van der Waals surface area (Å²) in [6.45, 7) is -2.79. The third-order valence-corrected chi connectivity index (χ3v) is 5.26. The highest BCUT2D eigenvalue weighted by molar-refractivity contribution is 7.99. The van der Waals surface area contributed by atoms with Gasteiger partial charge in [0.2, 0.25) is 5.91 Å². The van der Waals surface area contributed by atoms with Gasteiger partial charge in [-0.1, -0.05) is 41.6 Å². The van der Waals surface area contributed by atoms with Gasteiger partial charge in [0.05, 0.1) is 16.8 Å². The molecule has 9 heteroatoms. The highest BCUT2D eigenvalue weighted by Crippen LogP contribution is 2.29. The maximum absolute atomic E-state index is 13.9. The molecule has 0 spiro atoms. The van der Waals surface area contributed by atoms with Crippen LogP contribution in [0.15, 0.2) is 47.6 Å². The first-order chi connectivity index (χ1) is 12.9. The summed E-state index contributed by atoms with van der Waals surface area (Å²) in [4.78, 5) is 17.8. The van der Waals surface area contributed by atoms with Crippen LogP contribution in [0.1, 0.15) is 12.1 Å². The number of para-hydroxylation sites is 2. The van der Waals surface area contributed by atoms with E-state index in [2.05, 4.69) is 4.98 Å². The lowest BCUT2D eigenvalue weighted by Crippen LogP contribution is -2.28. The van der Waals surface area contributed by atoms with E-state index < -0.39 is 12.4 Å². The number of aromatic nitrogens is 2. The number of nitrogens with zero attached hydrogens (tertiary/aromatic N) is 3. The van der Waals surface area contributed by atoms with E-state index >= 15 is 0 Å². The summed E-state index contributed by atoms with van der Waals surface area (Å²) in [6, 6.07) is 10.8. The third kappa shape index (κ3) is 4.22. The number of amides is 1. The van der Waals surface area contributed by atoms with E-state index in [9.17, 15) is 18.0 Å². The van der Waals surface area contributed by atoms with Crippen molar-refractivity contribution in [3.8, 4) is 0 Å². The molecule has 1 amide bonds. The predicted octanol–water partition coefficient (Wildman–Crippen LogP) is 4.97. The van der Waals surface area contributed by atoms with Crippen LogP contribution in [0.25, 0.3) is 11.0 Å². The van der Waals surface area contributed by atoms with Crippen LogP contribution in [0.2, 0.25) is 5.02 Å². The predicted molar refractivity (Wildman–Crippen MR) is 99.6 cm³/mol. The minimum Gasteiger partial charge on any atom is -0.341 e. The fourth-order valence-corrected chi connectivity index (χ4v) is 3.73. The van der Waals surface area contributed by atoms with Crippen LogP contribution >= 0.6 is 23.4 Å². The van der Waals surface area contributed by atoms with Gasteiger partial charge in [-0.2, -0.15) is 8.78 Å². The molecule has 2 aromatic carbocycles. The van der Waals surface area contributed by atoms with Gasteiger partial charge < -0.3 is 4.90 Å².